The number of nitrogens with one attached hydrogen (secondary N) is 1. The summed E-state index contributed by atoms with van der Waals surface area (Å²) in [5.41, 5.74) is -0.216. The minimum atomic E-state index is -1.11. The van der Waals surface area contributed by atoms with Gasteiger partial charge in [0.05, 0.1) is 28.2 Å². The number of anilines is 1. The third-order valence-electron chi connectivity index (χ3n) is 4.59. The number of aryl methyl sites for hydroxylation is 1. The highest BCUT2D eigenvalue weighted by atomic mass is 16.6. The molecule has 0 radical (unpaired) electrons. The van der Waals surface area contributed by atoms with Gasteiger partial charge in [-0.1, -0.05) is 18.2 Å². The number of hydrogen-bond acceptors (Lipinski definition) is 5. The smallest absolute Gasteiger partial charge is 0.310 e. The first-order valence-electron chi connectivity index (χ1n) is 7.39. The van der Waals surface area contributed by atoms with Crippen molar-refractivity contribution < 1.29 is 24.4 Å². The molecule has 1 aromatic rings. The molecule has 1 saturated heterocycles. The maximum atomic E-state index is 12.7. The van der Waals surface area contributed by atoms with Crippen molar-refractivity contribution in [3.05, 3.63) is 46.0 Å². The van der Waals surface area contributed by atoms with Crippen molar-refractivity contribution >= 4 is 23.3 Å². The lowest BCUT2D eigenvalue weighted by molar-refractivity contribution is -0.384. The molecule has 24 heavy (non-hydrogen) atoms. The van der Waals surface area contributed by atoms with Gasteiger partial charge < -0.3 is 15.2 Å². The molecule has 2 aliphatic rings. The summed E-state index contributed by atoms with van der Waals surface area (Å²) in [4.78, 5) is 34.6. The van der Waals surface area contributed by atoms with Crippen molar-refractivity contribution in [2.45, 2.75) is 25.6 Å². The molecule has 1 amide bonds. The number of carboxylic acid groups (broad SMARTS) is 1. The van der Waals surface area contributed by atoms with Crippen LogP contribution in [0.15, 0.2) is 30.4 Å². The standard InChI is InChI=1S/C16H16N2O6/c1-8-3-4-9(18(22)23)7-10(8)17-14(19)13-12(15(20)21)11-5-6-16(13,2)24-11/h3-7,11-13H,1-2H3,(H,17,19)(H,20,21)/t11-,12-,13-,16-/m1/s1. The SMILES string of the molecule is Cc1ccc([N+](=O)[O-])cc1NC(=O)[C@H]1[C@H](C(=O)O)[C@H]2C=C[C@@]1(C)O2. The Kier molecular flexibility index (Phi) is 3.64. The molecule has 126 valence electrons. The summed E-state index contributed by atoms with van der Waals surface area (Å²) < 4.78 is 5.64. The molecule has 8 heteroatoms. The zero-order valence-electron chi connectivity index (χ0n) is 13.1. The second kappa shape index (κ2) is 5.41. The van der Waals surface area contributed by atoms with Gasteiger partial charge in [-0.25, -0.2) is 0 Å². The molecule has 2 N–H and O–H groups in total. The van der Waals surface area contributed by atoms with Crippen molar-refractivity contribution in [2.24, 2.45) is 11.8 Å². The maximum absolute atomic E-state index is 12.7. The number of aliphatic carboxylic acids is 1. The van der Waals surface area contributed by atoms with Gasteiger partial charge in [0.2, 0.25) is 5.91 Å². The lowest BCUT2D eigenvalue weighted by Crippen LogP contribution is -2.44. The Morgan fingerprint density at radius 2 is 2.12 bits per heavy atom. The van der Waals surface area contributed by atoms with E-state index in [0.29, 0.717) is 5.56 Å². The Bertz CT molecular complexity index is 774. The minimum Gasteiger partial charge on any atom is -0.481 e. The van der Waals surface area contributed by atoms with E-state index >= 15 is 0 Å². The normalized spacial score (nSPS) is 30.3. The molecule has 4 atom stereocenters. The number of carbonyl (C=O) groups is 2. The summed E-state index contributed by atoms with van der Waals surface area (Å²) in [6.45, 7) is 3.37. The quantitative estimate of drug-likeness (QED) is 0.494. The lowest BCUT2D eigenvalue weighted by atomic mass is 9.75. The highest BCUT2D eigenvalue weighted by Gasteiger charge is 2.59. The summed E-state index contributed by atoms with van der Waals surface area (Å²) in [5.74, 6) is -3.54. The van der Waals surface area contributed by atoms with Crippen LogP contribution in [0.2, 0.25) is 0 Å². The maximum Gasteiger partial charge on any atom is 0.310 e. The zero-order chi connectivity index (χ0) is 17.6. The Hall–Kier alpha value is -2.74. The number of fused-ring (bicyclic) bond motifs is 2. The fraction of sp³-hybridized carbons (Fsp3) is 0.375. The van der Waals surface area contributed by atoms with E-state index in [1.165, 1.54) is 18.2 Å². The van der Waals surface area contributed by atoms with E-state index in [0.717, 1.165) is 0 Å². The van der Waals surface area contributed by atoms with Crippen molar-refractivity contribution in [3.63, 3.8) is 0 Å². The second-order valence-corrected chi connectivity index (χ2v) is 6.21. The van der Waals surface area contributed by atoms with Gasteiger partial charge >= 0.3 is 5.97 Å². The third-order valence-corrected chi connectivity index (χ3v) is 4.59. The third kappa shape index (κ3) is 2.44. The largest absolute Gasteiger partial charge is 0.481 e. The van der Waals surface area contributed by atoms with Crippen LogP contribution in [0.25, 0.3) is 0 Å². The van der Waals surface area contributed by atoms with Crippen LogP contribution in [0.5, 0.6) is 0 Å². The van der Waals surface area contributed by atoms with Gasteiger partial charge in [0.15, 0.2) is 0 Å². The minimum absolute atomic E-state index is 0.152. The second-order valence-electron chi connectivity index (χ2n) is 6.21. The summed E-state index contributed by atoms with van der Waals surface area (Å²) in [5, 5.41) is 22.9. The topological polar surface area (TPSA) is 119 Å². The Morgan fingerprint density at radius 1 is 1.42 bits per heavy atom. The number of nitro benzene ring substituents is 1. The molecule has 0 aromatic heterocycles. The van der Waals surface area contributed by atoms with Gasteiger partial charge in [-0.2, -0.15) is 0 Å². The molecular formula is C16H16N2O6. The summed E-state index contributed by atoms with van der Waals surface area (Å²) in [6, 6.07) is 4.13. The van der Waals surface area contributed by atoms with Crippen molar-refractivity contribution in [1.29, 1.82) is 0 Å². The van der Waals surface area contributed by atoms with Gasteiger partial charge in [-0.05, 0) is 19.4 Å². The highest BCUT2D eigenvalue weighted by molar-refractivity contribution is 5.98. The van der Waals surface area contributed by atoms with Gasteiger partial charge in [-0.15, -0.1) is 0 Å². The van der Waals surface area contributed by atoms with Crippen molar-refractivity contribution in [3.8, 4) is 0 Å². The Labute approximate surface area is 137 Å². The first-order valence-corrected chi connectivity index (χ1v) is 7.39. The van der Waals surface area contributed by atoms with Crippen LogP contribution in [0.1, 0.15) is 12.5 Å². The molecule has 2 bridgehead atoms. The molecule has 1 aromatic carbocycles. The zero-order valence-corrected chi connectivity index (χ0v) is 13.1. The van der Waals surface area contributed by atoms with Gasteiger partial charge in [-0.3, -0.25) is 19.7 Å². The first kappa shape index (κ1) is 16.1. The summed E-state index contributed by atoms with van der Waals surface area (Å²) >= 11 is 0. The number of carbonyl (C=O) groups excluding carboxylic acids is 1. The highest BCUT2D eigenvalue weighted by Crippen LogP contribution is 2.47. The first-order chi connectivity index (χ1) is 11.2. The monoisotopic (exact) mass is 332 g/mol. The molecule has 8 nitrogen and oxygen atoms in total. The van der Waals surface area contributed by atoms with E-state index in [4.69, 9.17) is 4.74 Å². The van der Waals surface area contributed by atoms with E-state index in [1.807, 2.05) is 0 Å². The number of carboxylic acids is 1. The van der Waals surface area contributed by atoms with Crippen molar-refractivity contribution in [2.75, 3.05) is 5.32 Å². The van der Waals surface area contributed by atoms with E-state index in [1.54, 1.807) is 26.0 Å². The number of hydrogen-bond donors (Lipinski definition) is 2. The van der Waals surface area contributed by atoms with Gasteiger partial charge in [0.25, 0.3) is 5.69 Å². The number of ether oxygens (including phenoxy) is 1. The van der Waals surface area contributed by atoms with Crippen molar-refractivity contribution in [1.82, 2.24) is 0 Å². The molecule has 1 fully saturated rings. The number of amides is 1. The average Bonchev–Trinajstić information content (AvgIpc) is 3.02. The predicted molar refractivity (Wildman–Crippen MR) is 83.5 cm³/mol. The summed E-state index contributed by atoms with van der Waals surface area (Å²) in [6.07, 6.45) is 2.71. The molecule has 2 aliphatic heterocycles. The molecule has 0 aliphatic carbocycles. The van der Waals surface area contributed by atoms with Gasteiger partial charge in [0.1, 0.15) is 5.92 Å². The van der Waals surface area contributed by atoms with E-state index in [2.05, 4.69) is 5.32 Å². The Balaban J connectivity index is 1.90. The summed E-state index contributed by atoms with van der Waals surface area (Å²) in [7, 11) is 0. The molecule has 0 spiro atoms. The number of rotatable bonds is 4. The molecule has 3 rings (SSSR count). The van der Waals surface area contributed by atoms with Crippen LogP contribution in [0.4, 0.5) is 11.4 Å². The predicted octanol–water partition coefficient (Wildman–Crippen LogP) is 1.89. The molecule has 2 heterocycles. The van der Waals surface area contributed by atoms with Crippen LogP contribution in [0, 0.1) is 28.9 Å². The lowest BCUT2D eigenvalue weighted by Gasteiger charge is -2.28. The Morgan fingerprint density at radius 3 is 2.75 bits per heavy atom. The van der Waals surface area contributed by atoms with Gasteiger partial charge in [0, 0.05) is 12.1 Å². The van der Waals surface area contributed by atoms with Crippen LogP contribution in [-0.4, -0.2) is 33.6 Å². The average molecular weight is 332 g/mol. The number of nitro groups is 1. The molecule has 0 unspecified atom stereocenters. The van der Waals surface area contributed by atoms with Crippen LogP contribution in [-0.2, 0) is 14.3 Å². The fourth-order valence-electron chi connectivity index (χ4n) is 3.35. The molecular weight excluding hydrogens is 316 g/mol. The van der Waals surface area contributed by atoms with E-state index in [9.17, 15) is 24.8 Å². The van der Waals surface area contributed by atoms with Crippen LogP contribution < -0.4 is 5.32 Å². The number of benzene rings is 1. The number of nitrogens with zero attached hydrogens (tertiary/aromatic N) is 1. The van der Waals surface area contributed by atoms with Crippen LogP contribution in [0.3, 0.4) is 0 Å². The van der Waals surface area contributed by atoms with E-state index in [-0.39, 0.29) is 11.4 Å². The fourth-order valence-corrected chi connectivity index (χ4v) is 3.35. The number of non-ortho nitro benzene ring substituents is 1. The van der Waals surface area contributed by atoms with E-state index < -0.39 is 40.3 Å². The molecule has 0 saturated carbocycles. The van der Waals surface area contributed by atoms with Crippen LogP contribution >= 0.6 is 0 Å².